The van der Waals surface area contributed by atoms with E-state index in [0.29, 0.717) is 6.01 Å². The molecule has 1 aromatic heterocycles. The van der Waals surface area contributed by atoms with E-state index in [4.69, 9.17) is 9.40 Å². The van der Waals surface area contributed by atoms with E-state index in [1.54, 1.807) is 0 Å². The molecule has 0 bridgehead atoms. The van der Waals surface area contributed by atoms with Gasteiger partial charge in [0.1, 0.15) is 0 Å². The van der Waals surface area contributed by atoms with Crippen molar-refractivity contribution in [3.05, 3.63) is 162 Å². The average molecular weight is 747 g/mol. The van der Waals surface area contributed by atoms with E-state index in [2.05, 4.69) is 210 Å². The van der Waals surface area contributed by atoms with Gasteiger partial charge in [0, 0.05) is 28.4 Å². The molecule has 0 spiro atoms. The molecular formula is C51H51BN4O. The van der Waals surface area contributed by atoms with E-state index in [1.165, 1.54) is 27.6 Å². The van der Waals surface area contributed by atoms with E-state index < -0.39 is 0 Å². The first-order chi connectivity index (χ1) is 27.2. The topological polar surface area (TPSA) is 35.8 Å². The van der Waals surface area contributed by atoms with E-state index in [-0.39, 0.29) is 23.0 Å². The second-order valence-corrected chi connectivity index (χ2v) is 18.6. The van der Waals surface area contributed by atoms with E-state index in [9.17, 15) is 0 Å². The molecule has 0 N–H and O–H groups in total. The summed E-state index contributed by atoms with van der Waals surface area (Å²) >= 11 is 0. The van der Waals surface area contributed by atoms with Crippen LogP contribution in [0.2, 0.25) is 0 Å². The molecule has 3 heterocycles. The van der Waals surface area contributed by atoms with Crippen LogP contribution in [0.5, 0.6) is 0 Å². The minimum absolute atomic E-state index is 0.0192. The molecule has 0 atom stereocenters. The van der Waals surface area contributed by atoms with Gasteiger partial charge >= 0.3 is 6.01 Å². The van der Waals surface area contributed by atoms with Crippen molar-refractivity contribution >= 4 is 74.9 Å². The second kappa shape index (κ2) is 13.3. The first-order valence-corrected chi connectivity index (χ1v) is 20.2. The Labute approximate surface area is 338 Å². The largest absolute Gasteiger partial charge is 0.407 e. The minimum Gasteiger partial charge on any atom is -0.407 e. The Morgan fingerprint density at radius 3 is 1.47 bits per heavy atom. The number of para-hydroxylation sites is 2. The van der Waals surface area contributed by atoms with Gasteiger partial charge in [-0.15, -0.1) is 0 Å². The summed E-state index contributed by atoms with van der Waals surface area (Å²) in [4.78, 5) is 12.5. The predicted molar refractivity (Wildman–Crippen MR) is 241 cm³/mol. The summed E-state index contributed by atoms with van der Waals surface area (Å²) in [5, 5.41) is 0. The zero-order chi connectivity index (χ0) is 39.9. The maximum atomic E-state index is 7.19. The highest BCUT2D eigenvalue weighted by atomic mass is 16.4. The standard InChI is InChI=1S/C51H51BN4O/c1-49(2,3)34-23-28-39(29-24-34)55-42-32-27-36(51(7,8)9)33-41(42)52-45-43(55)21-16-22-44(45)56(40-30-25-35(26-31-40)50(4,5)6)47-46(52)53-48(57-47)54(37-17-12-10-13-18-37)38-19-14-11-15-20-38/h10-33H,1-9H3. The summed E-state index contributed by atoms with van der Waals surface area (Å²) < 4.78 is 7.19. The van der Waals surface area contributed by atoms with Gasteiger partial charge < -0.3 is 9.32 Å². The lowest BCUT2D eigenvalue weighted by Gasteiger charge is -2.42. The molecular weight excluding hydrogens is 695 g/mol. The lowest BCUT2D eigenvalue weighted by molar-refractivity contribution is 0.572. The van der Waals surface area contributed by atoms with Gasteiger partial charge in [-0.3, -0.25) is 9.80 Å². The van der Waals surface area contributed by atoms with E-state index in [0.717, 1.165) is 51.3 Å². The summed E-state index contributed by atoms with van der Waals surface area (Å²) in [7, 11) is 0. The molecule has 0 saturated carbocycles. The zero-order valence-corrected chi connectivity index (χ0v) is 34.6. The molecule has 9 rings (SSSR count). The Balaban J connectivity index is 1.33. The van der Waals surface area contributed by atoms with Crippen LogP contribution in [0.3, 0.4) is 0 Å². The van der Waals surface area contributed by atoms with Crippen LogP contribution in [0, 0.1) is 0 Å². The maximum Gasteiger partial charge on any atom is 0.307 e. The fourth-order valence-corrected chi connectivity index (χ4v) is 8.40. The highest BCUT2D eigenvalue weighted by Crippen LogP contribution is 2.46. The number of oxazole rings is 1. The van der Waals surface area contributed by atoms with Gasteiger partial charge in [0.15, 0.2) is 0 Å². The van der Waals surface area contributed by atoms with E-state index >= 15 is 0 Å². The lowest BCUT2D eigenvalue weighted by atomic mass is 9.35. The molecule has 0 radical (unpaired) electrons. The first-order valence-electron chi connectivity index (χ1n) is 20.2. The van der Waals surface area contributed by atoms with Crippen molar-refractivity contribution in [1.82, 2.24) is 4.98 Å². The maximum absolute atomic E-state index is 7.19. The smallest absolute Gasteiger partial charge is 0.307 e. The molecule has 2 aliphatic rings. The highest BCUT2D eigenvalue weighted by molar-refractivity contribution is 6.99. The summed E-state index contributed by atoms with van der Waals surface area (Å²) in [6.45, 7) is 20.3. The molecule has 0 amide bonds. The van der Waals surface area contributed by atoms with Crippen molar-refractivity contribution in [2.75, 3.05) is 14.7 Å². The fraction of sp³-hybridized carbons (Fsp3) is 0.235. The fourth-order valence-electron chi connectivity index (χ4n) is 8.40. The molecule has 0 fully saturated rings. The lowest BCUT2D eigenvalue weighted by Crippen LogP contribution is -2.61. The zero-order valence-electron chi connectivity index (χ0n) is 34.6. The third kappa shape index (κ3) is 6.32. The van der Waals surface area contributed by atoms with Gasteiger partial charge in [-0.1, -0.05) is 141 Å². The van der Waals surface area contributed by atoms with Crippen LogP contribution in [0.25, 0.3) is 0 Å². The average Bonchev–Trinajstić information content (AvgIpc) is 3.62. The van der Waals surface area contributed by atoms with Crippen molar-refractivity contribution in [3.8, 4) is 0 Å². The van der Waals surface area contributed by atoms with Crippen LogP contribution in [0.15, 0.2) is 150 Å². The normalized spacial score (nSPS) is 13.6. The number of nitrogens with zero attached hydrogens (tertiary/aromatic N) is 4. The van der Waals surface area contributed by atoms with Crippen LogP contribution in [0.1, 0.15) is 79.0 Å². The van der Waals surface area contributed by atoms with Crippen molar-refractivity contribution in [1.29, 1.82) is 0 Å². The summed E-state index contributed by atoms with van der Waals surface area (Å²) in [5.41, 5.74) is 14.7. The SMILES string of the molecule is CC(C)(C)c1ccc(N2c3ccc(C(C)(C)C)cc3B3c4nc(N(c5ccccc5)c5ccccc5)oc4N(c4ccc(C(C)(C)C)cc4)c4cccc2c43)cc1. The van der Waals surface area contributed by atoms with Gasteiger partial charge in [-0.25, -0.2) is 4.98 Å². The van der Waals surface area contributed by atoms with Crippen LogP contribution in [0.4, 0.5) is 51.7 Å². The van der Waals surface area contributed by atoms with Gasteiger partial charge in [0.2, 0.25) is 5.88 Å². The van der Waals surface area contributed by atoms with Crippen LogP contribution in [-0.2, 0) is 16.2 Å². The molecule has 284 valence electrons. The molecule has 2 aliphatic heterocycles. The highest BCUT2D eigenvalue weighted by Gasteiger charge is 2.47. The summed E-state index contributed by atoms with van der Waals surface area (Å²) in [5.74, 6) is 0.732. The second-order valence-electron chi connectivity index (χ2n) is 18.6. The van der Waals surface area contributed by atoms with Gasteiger partial charge in [-0.05, 0) is 111 Å². The molecule has 7 aromatic rings. The van der Waals surface area contributed by atoms with Crippen molar-refractivity contribution < 1.29 is 4.42 Å². The Hall–Kier alpha value is -6.01. The summed E-state index contributed by atoms with van der Waals surface area (Å²) in [6.07, 6.45) is 0. The third-order valence-electron chi connectivity index (χ3n) is 11.6. The Kier molecular flexibility index (Phi) is 8.54. The van der Waals surface area contributed by atoms with Crippen molar-refractivity contribution in [2.24, 2.45) is 0 Å². The molecule has 57 heavy (non-hydrogen) atoms. The van der Waals surface area contributed by atoms with Crippen molar-refractivity contribution in [3.63, 3.8) is 0 Å². The molecule has 6 aromatic carbocycles. The Morgan fingerprint density at radius 2 is 0.965 bits per heavy atom. The quantitative estimate of drug-likeness (QED) is 0.164. The first kappa shape index (κ1) is 36.6. The number of hydrogen-bond acceptors (Lipinski definition) is 5. The third-order valence-corrected chi connectivity index (χ3v) is 11.6. The molecule has 0 aliphatic carbocycles. The molecule has 6 heteroatoms. The van der Waals surface area contributed by atoms with Crippen LogP contribution in [-0.4, -0.2) is 11.7 Å². The number of benzene rings is 6. The van der Waals surface area contributed by atoms with Crippen molar-refractivity contribution in [2.45, 2.75) is 78.6 Å². The van der Waals surface area contributed by atoms with Gasteiger partial charge in [0.05, 0.1) is 17.0 Å². The number of anilines is 9. The number of hydrogen-bond donors (Lipinski definition) is 0. The van der Waals surface area contributed by atoms with Gasteiger partial charge in [-0.2, -0.15) is 0 Å². The number of aromatic nitrogens is 1. The summed E-state index contributed by atoms with van der Waals surface area (Å²) in [6, 6.07) is 53.2. The van der Waals surface area contributed by atoms with Gasteiger partial charge in [0.25, 0.3) is 6.71 Å². The van der Waals surface area contributed by atoms with E-state index in [1.807, 2.05) is 12.1 Å². The Bertz CT molecular complexity index is 2540. The molecule has 5 nitrogen and oxygen atoms in total. The number of fused-ring (bicyclic) bond motifs is 4. The monoisotopic (exact) mass is 746 g/mol. The predicted octanol–water partition coefficient (Wildman–Crippen LogP) is 12.1. The van der Waals surface area contributed by atoms with Crippen LogP contribution >= 0.6 is 0 Å². The Morgan fingerprint density at radius 1 is 0.491 bits per heavy atom. The number of rotatable bonds is 5. The van der Waals surface area contributed by atoms with Crippen LogP contribution < -0.4 is 31.2 Å². The molecule has 0 saturated heterocycles. The minimum atomic E-state index is -0.176. The molecule has 0 unspecified atom stereocenters.